The van der Waals surface area contributed by atoms with Gasteiger partial charge in [-0.2, -0.15) is 0 Å². The van der Waals surface area contributed by atoms with E-state index in [4.69, 9.17) is 0 Å². The standard InChI is InChI=1S/C37H44FNO4/c1-20-29-22(23-19-39-30-21(23)8-7-9-25(30)38)16-27-35(4,24(29)17-26(40)31(20)41)13-15-37(6)28-18-34(3,32(42)43)11-10-33(28,2)12-14-36(27,37)5/h7-9,16-17,19,22,28,39-41H,10-15,18H2,1-6H3,(H,42,43)/t22-,28+,33+,34+,35-,36+,37-/m0/s1. The Morgan fingerprint density at radius 3 is 2.44 bits per heavy atom. The molecule has 7 rings (SSSR count). The number of aromatic hydroxyl groups is 2. The fourth-order valence-electron chi connectivity index (χ4n) is 10.6. The number of carboxylic acid groups (broad SMARTS) is 1. The highest BCUT2D eigenvalue weighted by Gasteiger charge is 2.67. The maximum Gasteiger partial charge on any atom is 0.309 e. The zero-order valence-corrected chi connectivity index (χ0v) is 26.2. The highest BCUT2D eigenvalue weighted by atomic mass is 19.1. The van der Waals surface area contributed by atoms with Crippen LogP contribution in [0.1, 0.15) is 108 Å². The summed E-state index contributed by atoms with van der Waals surface area (Å²) in [4.78, 5) is 15.7. The number of H-pyrrole nitrogens is 1. The molecule has 4 aliphatic carbocycles. The Morgan fingerprint density at radius 2 is 1.72 bits per heavy atom. The number of aliphatic carboxylic acids is 1. The molecule has 0 spiro atoms. The Labute approximate surface area is 253 Å². The lowest BCUT2D eigenvalue weighted by atomic mass is 9.34. The lowest BCUT2D eigenvalue weighted by Gasteiger charge is -2.70. The van der Waals surface area contributed by atoms with E-state index in [9.17, 15) is 24.5 Å². The van der Waals surface area contributed by atoms with Crippen molar-refractivity contribution in [2.24, 2.45) is 27.6 Å². The molecular weight excluding hydrogens is 541 g/mol. The quantitative estimate of drug-likeness (QED) is 0.179. The maximum absolute atomic E-state index is 14.9. The average Bonchev–Trinajstić information content (AvgIpc) is 3.40. The monoisotopic (exact) mass is 585 g/mol. The number of rotatable bonds is 2. The van der Waals surface area contributed by atoms with Crippen molar-refractivity contribution in [3.8, 4) is 11.5 Å². The number of phenolic OH excluding ortho intramolecular Hbond substituents is 2. The van der Waals surface area contributed by atoms with E-state index in [1.54, 1.807) is 12.1 Å². The molecule has 3 aromatic rings. The Morgan fingerprint density at radius 1 is 1.00 bits per heavy atom. The number of carboxylic acids is 1. The van der Waals surface area contributed by atoms with Crippen LogP contribution in [0.4, 0.5) is 4.39 Å². The summed E-state index contributed by atoms with van der Waals surface area (Å²) in [5.41, 5.74) is 4.09. The number of aromatic amines is 1. The second-order valence-electron chi connectivity index (χ2n) is 15.7. The van der Waals surface area contributed by atoms with Gasteiger partial charge in [-0.15, -0.1) is 0 Å². The van der Waals surface area contributed by atoms with Gasteiger partial charge in [-0.1, -0.05) is 51.5 Å². The SMILES string of the molecule is Cc1c(O)c(O)cc2c1[C@H](c1c[nH]c3c(F)cccc13)C=C1[C@@]2(C)CC[C@@]2(C)[C@@H]3C[C@](C)(C(=O)O)CC[C@]3(C)CC[C@]12C. The lowest BCUT2D eigenvalue weighted by Crippen LogP contribution is -2.62. The highest BCUT2D eigenvalue weighted by molar-refractivity contribution is 5.86. The van der Waals surface area contributed by atoms with Crippen LogP contribution in [0.5, 0.6) is 11.5 Å². The first-order valence-electron chi connectivity index (χ1n) is 15.9. The molecule has 1 heterocycles. The molecule has 0 bridgehead atoms. The molecule has 2 aromatic carbocycles. The van der Waals surface area contributed by atoms with E-state index in [-0.39, 0.29) is 50.8 Å². The zero-order valence-electron chi connectivity index (χ0n) is 26.2. The van der Waals surface area contributed by atoms with Gasteiger partial charge in [0.2, 0.25) is 0 Å². The van der Waals surface area contributed by atoms with E-state index in [2.05, 4.69) is 38.8 Å². The lowest BCUT2D eigenvalue weighted by molar-refractivity contribution is -0.177. The number of carbonyl (C=O) groups is 1. The Kier molecular flexibility index (Phi) is 5.74. The van der Waals surface area contributed by atoms with E-state index < -0.39 is 11.4 Å². The summed E-state index contributed by atoms with van der Waals surface area (Å²) in [7, 11) is 0. The van der Waals surface area contributed by atoms with Gasteiger partial charge in [0, 0.05) is 22.9 Å². The summed E-state index contributed by atoms with van der Waals surface area (Å²) in [5, 5.41) is 33.0. The van der Waals surface area contributed by atoms with Crippen molar-refractivity contribution < 1.29 is 24.5 Å². The second kappa shape index (κ2) is 8.67. The molecule has 3 fully saturated rings. The zero-order chi connectivity index (χ0) is 30.9. The van der Waals surface area contributed by atoms with Crippen molar-refractivity contribution in [2.75, 3.05) is 0 Å². The number of phenols is 2. The van der Waals surface area contributed by atoms with Crippen molar-refractivity contribution in [3.63, 3.8) is 0 Å². The van der Waals surface area contributed by atoms with Gasteiger partial charge in [-0.3, -0.25) is 4.79 Å². The number of para-hydroxylation sites is 1. The predicted molar refractivity (Wildman–Crippen MR) is 166 cm³/mol. The van der Waals surface area contributed by atoms with Gasteiger partial charge in [-0.05, 0) is 115 Å². The van der Waals surface area contributed by atoms with Gasteiger partial charge >= 0.3 is 5.97 Å². The van der Waals surface area contributed by atoms with Crippen LogP contribution in [-0.4, -0.2) is 26.3 Å². The van der Waals surface area contributed by atoms with Crippen LogP contribution in [0.2, 0.25) is 0 Å². The molecule has 7 atom stereocenters. The van der Waals surface area contributed by atoms with Crippen LogP contribution in [0, 0.1) is 40.3 Å². The predicted octanol–water partition coefficient (Wildman–Crippen LogP) is 8.85. The summed E-state index contributed by atoms with van der Waals surface area (Å²) < 4.78 is 14.9. The first kappa shape index (κ1) is 28.5. The third kappa shape index (κ3) is 3.47. The smallest absolute Gasteiger partial charge is 0.309 e. The van der Waals surface area contributed by atoms with Gasteiger partial charge in [0.05, 0.1) is 10.9 Å². The summed E-state index contributed by atoms with van der Waals surface area (Å²) >= 11 is 0. The van der Waals surface area contributed by atoms with E-state index in [0.717, 1.165) is 60.6 Å². The van der Waals surface area contributed by atoms with Crippen molar-refractivity contribution in [3.05, 3.63) is 70.2 Å². The molecule has 43 heavy (non-hydrogen) atoms. The molecule has 0 amide bonds. The molecule has 5 nitrogen and oxygen atoms in total. The summed E-state index contributed by atoms with van der Waals surface area (Å²) in [6.45, 7) is 13.3. The maximum atomic E-state index is 14.9. The molecule has 0 saturated heterocycles. The fourth-order valence-corrected chi connectivity index (χ4v) is 10.6. The van der Waals surface area contributed by atoms with Crippen LogP contribution in [0.15, 0.2) is 42.1 Å². The van der Waals surface area contributed by atoms with Gasteiger partial charge in [0.25, 0.3) is 0 Å². The molecule has 0 aliphatic heterocycles. The van der Waals surface area contributed by atoms with Gasteiger partial charge in [-0.25, -0.2) is 4.39 Å². The van der Waals surface area contributed by atoms with Crippen molar-refractivity contribution >= 4 is 16.9 Å². The van der Waals surface area contributed by atoms with Gasteiger partial charge < -0.3 is 20.3 Å². The first-order valence-corrected chi connectivity index (χ1v) is 15.9. The minimum absolute atomic E-state index is 0.0957. The molecular formula is C37H44FNO4. The number of benzene rings is 2. The van der Waals surface area contributed by atoms with E-state index >= 15 is 0 Å². The minimum Gasteiger partial charge on any atom is -0.504 e. The number of allylic oxidation sites excluding steroid dienone is 2. The van der Waals surface area contributed by atoms with Gasteiger partial charge in [0.15, 0.2) is 11.5 Å². The van der Waals surface area contributed by atoms with Crippen LogP contribution < -0.4 is 0 Å². The van der Waals surface area contributed by atoms with Crippen molar-refractivity contribution in [1.29, 1.82) is 0 Å². The Balaban J connectivity index is 1.47. The molecule has 3 saturated carbocycles. The molecule has 4 aliphatic rings. The third-order valence-electron chi connectivity index (χ3n) is 13.7. The van der Waals surface area contributed by atoms with Crippen LogP contribution in [-0.2, 0) is 10.2 Å². The minimum atomic E-state index is -0.725. The summed E-state index contributed by atoms with van der Waals surface area (Å²) in [6.07, 6.45) is 10.5. The Hall–Kier alpha value is -3.28. The number of nitrogens with one attached hydrogen (secondary N) is 1. The average molecular weight is 586 g/mol. The number of fused-ring (bicyclic) bond motifs is 8. The molecule has 4 N–H and O–H groups in total. The molecule has 6 heteroatoms. The fraction of sp³-hybridized carbons (Fsp3) is 0.541. The molecule has 228 valence electrons. The largest absolute Gasteiger partial charge is 0.504 e. The van der Waals surface area contributed by atoms with E-state index in [1.165, 1.54) is 11.6 Å². The summed E-state index contributed by atoms with van der Waals surface area (Å²) in [6, 6.07) is 6.91. The second-order valence-corrected chi connectivity index (χ2v) is 15.7. The molecule has 0 unspecified atom stereocenters. The summed E-state index contributed by atoms with van der Waals surface area (Å²) in [5.74, 6) is -1.19. The first-order chi connectivity index (χ1) is 20.1. The number of hydrogen-bond donors (Lipinski definition) is 4. The normalized spacial score (nSPS) is 38.4. The number of hydrogen-bond acceptors (Lipinski definition) is 3. The van der Waals surface area contributed by atoms with Crippen molar-refractivity contribution in [2.45, 2.75) is 97.8 Å². The number of halogens is 1. The third-order valence-corrected chi connectivity index (χ3v) is 13.7. The highest BCUT2D eigenvalue weighted by Crippen LogP contribution is 2.75. The van der Waals surface area contributed by atoms with E-state index in [0.29, 0.717) is 17.5 Å². The Bertz CT molecular complexity index is 1740. The van der Waals surface area contributed by atoms with Crippen LogP contribution >= 0.6 is 0 Å². The molecule has 1 aromatic heterocycles. The van der Waals surface area contributed by atoms with Crippen LogP contribution in [0.3, 0.4) is 0 Å². The van der Waals surface area contributed by atoms with Crippen molar-refractivity contribution in [1.82, 2.24) is 4.98 Å². The molecule has 0 radical (unpaired) electrons. The number of aromatic nitrogens is 1. The topological polar surface area (TPSA) is 93.5 Å². The van der Waals surface area contributed by atoms with Crippen LogP contribution in [0.25, 0.3) is 10.9 Å². The van der Waals surface area contributed by atoms with Gasteiger partial charge in [0.1, 0.15) is 5.82 Å². The van der Waals surface area contributed by atoms with E-state index in [1.807, 2.05) is 26.1 Å².